The van der Waals surface area contributed by atoms with Gasteiger partial charge in [0.05, 0.1) is 12.7 Å². The van der Waals surface area contributed by atoms with E-state index in [1.165, 1.54) is 21.7 Å². The van der Waals surface area contributed by atoms with Crippen molar-refractivity contribution in [2.75, 3.05) is 13.2 Å². The van der Waals surface area contributed by atoms with Gasteiger partial charge < -0.3 is 10.5 Å². The fourth-order valence-corrected chi connectivity index (χ4v) is 3.75. The molecule has 1 aliphatic rings. The molecule has 1 aromatic heterocycles. The van der Waals surface area contributed by atoms with E-state index in [0.717, 1.165) is 18.9 Å². The average molecular weight is 253 g/mol. The maximum Gasteiger partial charge on any atom is 0.0958 e. The molecule has 2 rings (SSSR count). The van der Waals surface area contributed by atoms with E-state index in [4.69, 9.17) is 10.5 Å². The van der Waals surface area contributed by atoms with Gasteiger partial charge in [0.2, 0.25) is 0 Å². The van der Waals surface area contributed by atoms with Crippen LogP contribution in [0.2, 0.25) is 0 Å². The van der Waals surface area contributed by atoms with Gasteiger partial charge in [-0.1, -0.05) is 27.2 Å². The van der Waals surface area contributed by atoms with Crippen LogP contribution in [0.25, 0.3) is 0 Å². The predicted octanol–water partition coefficient (Wildman–Crippen LogP) is 3.47. The molecular formula is C14H23NOS. The topological polar surface area (TPSA) is 35.2 Å². The van der Waals surface area contributed by atoms with E-state index in [2.05, 4.69) is 26.8 Å². The molecule has 0 saturated carbocycles. The second kappa shape index (κ2) is 5.51. The van der Waals surface area contributed by atoms with Gasteiger partial charge in [-0.05, 0) is 23.5 Å². The molecule has 96 valence electrons. The molecule has 2 N–H and O–H groups in total. The second-order valence-corrected chi connectivity index (χ2v) is 6.21. The lowest BCUT2D eigenvalue weighted by molar-refractivity contribution is 0.0498. The summed E-state index contributed by atoms with van der Waals surface area (Å²) in [6, 6.07) is 2.34. The largest absolute Gasteiger partial charge is 0.372 e. The van der Waals surface area contributed by atoms with Crippen molar-refractivity contribution >= 4 is 11.3 Å². The number of thiophene rings is 1. The maximum atomic E-state index is 5.77. The van der Waals surface area contributed by atoms with Gasteiger partial charge in [-0.3, -0.25) is 0 Å². The Labute approximate surface area is 108 Å². The predicted molar refractivity (Wildman–Crippen MR) is 73.6 cm³/mol. The minimum Gasteiger partial charge on any atom is -0.372 e. The molecule has 1 aliphatic heterocycles. The van der Waals surface area contributed by atoms with Gasteiger partial charge in [0.15, 0.2) is 0 Å². The fraction of sp³-hybridized carbons (Fsp3) is 0.714. The second-order valence-electron chi connectivity index (χ2n) is 5.05. The van der Waals surface area contributed by atoms with Crippen molar-refractivity contribution in [3.8, 4) is 0 Å². The Kier molecular flexibility index (Phi) is 4.23. The summed E-state index contributed by atoms with van der Waals surface area (Å²) >= 11 is 1.97. The normalized spacial score (nSPS) is 23.2. The Balaban J connectivity index is 2.24. The molecule has 2 heterocycles. The third kappa shape index (κ3) is 2.56. The van der Waals surface area contributed by atoms with Crippen LogP contribution in [0.5, 0.6) is 0 Å². The van der Waals surface area contributed by atoms with Gasteiger partial charge in [0.25, 0.3) is 0 Å². The molecule has 0 saturated heterocycles. The van der Waals surface area contributed by atoms with Gasteiger partial charge >= 0.3 is 0 Å². The van der Waals surface area contributed by atoms with Crippen molar-refractivity contribution in [2.24, 2.45) is 11.7 Å². The van der Waals surface area contributed by atoms with Crippen molar-refractivity contribution < 1.29 is 4.74 Å². The van der Waals surface area contributed by atoms with Crippen LogP contribution < -0.4 is 5.73 Å². The van der Waals surface area contributed by atoms with E-state index in [9.17, 15) is 0 Å². The Morgan fingerprint density at radius 2 is 2.29 bits per heavy atom. The summed E-state index contributed by atoms with van der Waals surface area (Å²) in [6.07, 6.45) is 2.43. The molecule has 3 unspecified atom stereocenters. The van der Waals surface area contributed by atoms with Crippen LogP contribution in [-0.4, -0.2) is 13.2 Å². The van der Waals surface area contributed by atoms with Crippen molar-refractivity contribution in [2.45, 2.75) is 45.6 Å². The molecule has 0 amide bonds. The van der Waals surface area contributed by atoms with Crippen LogP contribution in [0.3, 0.4) is 0 Å². The summed E-state index contributed by atoms with van der Waals surface area (Å²) in [6.45, 7) is 8.36. The zero-order valence-corrected chi connectivity index (χ0v) is 11.8. The van der Waals surface area contributed by atoms with Gasteiger partial charge in [-0.15, -0.1) is 11.3 Å². The highest BCUT2D eigenvalue weighted by Gasteiger charge is 2.25. The average Bonchev–Trinajstić information content (AvgIpc) is 2.80. The highest BCUT2D eigenvalue weighted by Crippen LogP contribution is 2.39. The number of rotatable bonds is 4. The van der Waals surface area contributed by atoms with Crippen LogP contribution in [0.1, 0.15) is 54.5 Å². The van der Waals surface area contributed by atoms with Crippen molar-refractivity contribution in [3.05, 3.63) is 21.4 Å². The summed E-state index contributed by atoms with van der Waals surface area (Å²) in [5, 5.41) is 0. The molecule has 2 nitrogen and oxygen atoms in total. The van der Waals surface area contributed by atoms with Gasteiger partial charge in [-0.2, -0.15) is 0 Å². The standard InChI is InChI=1S/C14H23NOS/c1-4-9(2)10(3)14-7-11-12(8-15)16-6-5-13(11)17-14/h7,9-10,12H,4-6,8,15H2,1-3H3. The van der Waals surface area contributed by atoms with Gasteiger partial charge in [0.1, 0.15) is 0 Å². The summed E-state index contributed by atoms with van der Waals surface area (Å²) in [4.78, 5) is 3.00. The highest BCUT2D eigenvalue weighted by molar-refractivity contribution is 7.12. The third-order valence-electron chi connectivity index (χ3n) is 4.02. The lowest BCUT2D eigenvalue weighted by atomic mass is 9.91. The highest BCUT2D eigenvalue weighted by atomic mass is 32.1. The number of ether oxygens (including phenoxy) is 1. The first-order valence-corrected chi connectivity index (χ1v) is 7.43. The molecule has 3 heteroatoms. The molecule has 0 spiro atoms. The minimum atomic E-state index is 0.132. The first-order chi connectivity index (χ1) is 8.17. The summed E-state index contributed by atoms with van der Waals surface area (Å²) in [5.41, 5.74) is 7.12. The Hall–Kier alpha value is -0.380. The zero-order valence-electron chi connectivity index (χ0n) is 11.0. The minimum absolute atomic E-state index is 0.132. The van der Waals surface area contributed by atoms with Crippen molar-refractivity contribution in [1.82, 2.24) is 0 Å². The van der Waals surface area contributed by atoms with Gasteiger partial charge in [-0.25, -0.2) is 0 Å². The van der Waals surface area contributed by atoms with E-state index in [0.29, 0.717) is 12.5 Å². The summed E-state index contributed by atoms with van der Waals surface area (Å²) in [7, 11) is 0. The molecule has 3 atom stereocenters. The van der Waals surface area contributed by atoms with E-state index >= 15 is 0 Å². The molecule has 0 aliphatic carbocycles. The monoisotopic (exact) mass is 253 g/mol. The molecule has 0 aromatic carbocycles. The number of nitrogens with two attached hydrogens (primary N) is 1. The third-order valence-corrected chi connectivity index (χ3v) is 5.43. The Morgan fingerprint density at radius 3 is 2.94 bits per heavy atom. The Morgan fingerprint density at radius 1 is 1.53 bits per heavy atom. The van der Waals surface area contributed by atoms with E-state index < -0.39 is 0 Å². The van der Waals surface area contributed by atoms with E-state index in [1.54, 1.807) is 0 Å². The van der Waals surface area contributed by atoms with Gasteiger partial charge in [0, 0.05) is 22.7 Å². The van der Waals surface area contributed by atoms with Crippen LogP contribution in [0, 0.1) is 5.92 Å². The summed E-state index contributed by atoms with van der Waals surface area (Å²) in [5.74, 6) is 1.39. The lowest BCUT2D eigenvalue weighted by Gasteiger charge is -2.21. The quantitative estimate of drug-likeness (QED) is 0.891. The lowest BCUT2D eigenvalue weighted by Crippen LogP contribution is -2.21. The first kappa shape index (κ1) is 13.1. The SMILES string of the molecule is CCC(C)C(C)c1cc2c(s1)CCOC2CN. The van der Waals surface area contributed by atoms with Crippen LogP contribution in [0.15, 0.2) is 6.07 Å². The number of hydrogen-bond acceptors (Lipinski definition) is 3. The molecule has 0 fully saturated rings. The number of hydrogen-bond donors (Lipinski definition) is 1. The first-order valence-electron chi connectivity index (χ1n) is 6.61. The smallest absolute Gasteiger partial charge is 0.0958 e. The van der Waals surface area contributed by atoms with E-state index in [-0.39, 0.29) is 6.10 Å². The molecule has 17 heavy (non-hydrogen) atoms. The van der Waals surface area contributed by atoms with Crippen LogP contribution >= 0.6 is 11.3 Å². The maximum absolute atomic E-state index is 5.77. The van der Waals surface area contributed by atoms with Crippen LogP contribution in [-0.2, 0) is 11.2 Å². The molecule has 0 radical (unpaired) electrons. The van der Waals surface area contributed by atoms with Crippen LogP contribution in [0.4, 0.5) is 0 Å². The Bertz CT molecular complexity index is 374. The van der Waals surface area contributed by atoms with Crippen molar-refractivity contribution in [3.63, 3.8) is 0 Å². The summed E-state index contributed by atoms with van der Waals surface area (Å²) < 4.78 is 5.72. The number of fused-ring (bicyclic) bond motifs is 1. The molecule has 1 aromatic rings. The zero-order chi connectivity index (χ0) is 12.4. The van der Waals surface area contributed by atoms with Crippen molar-refractivity contribution in [1.29, 1.82) is 0 Å². The van der Waals surface area contributed by atoms with E-state index in [1.807, 2.05) is 11.3 Å². The fourth-order valence-electron chi connectivity index (χ4n) is 2.37. The molecular weight excluding hydrogens is 230 g/mol. The molecule has 0 bridgehead atoms.